The van der Waals surface area contributed by atoms with Crippen molar-refractivity contribution in [1.82, 2.24) is 9.97 Å². The fraction of sp³-hybridized carbons (Fsp3) is 0.308. The lowest BCUT2D eigenvalue weighted by Gasteiger charge is -2.31. The topological polar surface area (TPSA) is 73.3 Å². The molecule has 0 amide bonds. The van der Waals surface area contributed by atoms with Crippen molar-refractivity contribution in [3.8, 4) is 0 Å². The van der Waals surface area contributed by atoms with Gasteiger partial charge in [-0.05, 0) is 60.7 Å². The molecule has 6 nitrogen and oxygen atoms in total. The van der Waals surface area contributed by atoms with Crippen LogP contribution in [0.2, 0.25) is 0 Å². The largest absolute Gasteiger partial charge is 0.393 e. The van der Waals surface area contributed by atoms with Gasteiger partial charge in [-0.1, -0.05) is 26.0 Å². The Kier molecular flexibility index (Phi) is 6.89. The minimum Gasteiger partial charge on any atom is -0.393 e. The molecule has 2 aromatic carbocycles. The van der Waals surface area contributed by atoms with Crippen LogP contribution in [0.1, 0.15) is 26.7 Å². The summed E-state index contributed by atoms with van der Waals surface area (Å²) in [7, 11) is 0. The maximum atomic E-state index is 9.75. The smallest absolute Gasteiger partial charge is 0.229 e. The van der Waals surface area contributed by atoms with Gasteiger partial charge in [-0.25, -0.2) is 4.98 Å². The van der Waals surface area contributed by atoms with Gasteiger partial charge in [-0.3, -0.25) is 0 Å². The molecular formula is C26H29N5OS2. The number of aliphatic hydroxyl groups is 1. The summed E-state index contributed by atoms with van der Waals surface area (Å²) in [6.45, 7) is 6.17. The third-order valence-electron chi connectivity index (χ3n) is 5.76. The number of hydrogen-bond donors (Lipinski definition) is 3. The van der Waals surface area contributed by atoms with Gasteiger partial charge >= 0.3 is 0 Å². The summed E-state index contributed by atoms with van der Waals surface area (Å²) in [4.78, 5) is 13.1. The Hall–Kier alpha value is -2.81. The fourth-order valence-corrected chi connectivity index (χ4v) is 5.75. The van der Waals surface area contributed by atoms with E-state index < -0.39 is 0 Å². The minimum atomic E-state index is -0.167. The first-order chi connectivity index (χ1) is 16.5. The van der Waals surface area contributed by atoms with E-state index >= 15 is 0 Å². The molecule has 0 bridgehead atoms. The van der Waals surface area contributed by atoms with Crippen molar-refractivity contribution in [2.24, 2.45) is 0 Å². The van der Waals surface area contributed by atoms with E-state index in [4.69, 9.17) is 9.97 Å². The van der Waals surface area contributed by atoms with E-state index in [1.165, 1.54) is 10.6 Å². The number of nitrogens with zero attached hydrogens (tertiary/aromatic N) is 3. The van der Waals surface area contributed by atoms with Crippen LogP contribution >= 0.6 is 23.1 Å². The van der Waals surface area contributed by atoms with Crippen LogP contribution in [0.4, 0.5) is 28.8 Å². The summed E-state index contributed by atoms with van der Waals surface area (Å²) >= 11 is 3.48. The number of fused-ring (bicyclic) bond motifs is 1. The van der Waals surface area contributed by atoms with Crippen LogP contribution < -0.4 is 15.5 Å². The highest BCUT2D eigenvalue weighted by Gasteiger charge is 2.17. The van der Waals surface area contributed by atoms with Gasteiger partial charge in [0.15, 0.2) is 5.82 Å². The predicted molar refractivity (Wildman–Crippen MR) is 145 cm³/mol. The number of piperidine rings is 1. The maximum Gasteiger partial charge on any atom is 0.229 e. The zero-order chi connectivity index (χ0) is 23.5. The third kappa shape index (κ3) is 5.29. The maximum absolute atomic E-state index is 9.75. The number of aromatic nitrogens is 2. The predicted octanol–water partition coefficient (Wildman–Crippen LogP) is 6.64. The second kappa shape index (κ2) is 10.2. The number of anilines is 5. The molecule has 1 saturated heterocycles. The Morgan fingerprint density at radius 1 is 1.00 bits per heavy atom. The first-order valence-corrected chi connectivity index (χ1v) is 13.4. The van der Waals surface area contributed by atoms with Gasteiger partial charge in [-0.2, -0.15) is 4.98 Å². The zero-order valence-electron chi connectivity index (χ0n) is 19.4. The molecule has 0 radical (unpaired) electrons. The van der Waals surface area contributed by atoms with Crippen molar-refractivity contribution in [3.05, 3.63) is 60.0 Å². The molecule has 176 valence electrons. The normalized spacial score (nSPS) is 14.6. The van der Waals surface area contributed by atoms with Gasteiger partial charge < -0.3 is 20.6 Å². The standard InChI is InChI=1S/C26H29N5OS2/c1-17(2)34-23-6-4-3-5-21(23)28-25-24-22(13-16-33-24)29-26(30-25)27-18-7-9-19(10-8-18)31-14-11-20(32)12-15-31/h3-10,13,16-17,20,32H,11-12,14-15H2,1-2H3,(H2,27,28,29,30). The Morgan fingerprint density at radius 2 is 1.76 bits per heavy atom. The van der Waals surface area contributed by atoms with Crippen molar-refractivity contribution in [3.63, 3.8) is 0 Å². The number of thioether (sulfide) groups is 1. The van der Waals surface area contributed by atoms with E-state index in [-0.39, 0.29) is 6.10 Å². The molecule has 0 spiro atoms. The highest BCUT2D eigenvalue weighted by molar-refractivity contribution is 8.00. The molecule has 0 aliphatic carbocycles. The molecule has 1 aliphatic rings. The number of rotatable bonds is 7. The summed E-state index contributed by atoms with van der Waals surface area (Å²) in [5, 5.41) is 19.2. The summed E-state index contributed by atoms with van der Waals surface area (Å²) in [6.07, 6.45) is 1.48. The van der Waals surface area contributed by atoms with E-state index in [2.05, 4.69) is 71.8 Å². The van der Waals surface area contributed by atoms with E-state index in [0.29, 0.717) is 11.2 Å². The van der Waals surface area contributed by atoms with Gasteiger partial charge in [0.25, 0.3) is 0 Å². The van der Waals surface area contributed by atoms with Crippen LogP contribution in [-0.4, -0.2) is 39.5 Å². The van der Waals surface area contributed by atoms with Crippen LogP contribution in [-0.2, 0) is 0 Å². The monoisotopic (exact) mass is 491 g/mol. The Balaban J connectivity index is 1.37. The third-order valence-corrected chi connectivity index (χ3v) is 7.75. The lowest BCUT2D eigenvalue weighted by atomic mass is 10.1. The van der Waals surface area contributed by atoms with Gasteiger partial charge in [-0.15, -0.1) is 23.1 Å². The quantitative estimate of drug-likeness (QED) is 0.250. The lowest BCUT2D eigenvalue weighted by molar-refractivity contribution is 0.145. The Morgan fingerprint density at radius 3 is 2.53 bits per heavy atom. The van der Waals surface area contributed by atoms with E-state index in [1.54, 1.807) is 11.3 Å². The summed E-state index contributed by atoms with van der Waals surface area (Å²) in [6, 6.07) is 18.7. The van der Waals surface area contributed by atoms with Crippen LogP contribution in [0.3, 0.4) is 0 Å². The van der Waals surface area contributed by atoms with E-state index in [9.17, 15) is 5.11 Å². The number of hydrogen-bond acceptors (Lipinski definition) is 8. The first-order valence-electron chi connectivity index (χ1n) is 11.6. The second-order valence-corrected chi connectivity index (χ2v) is 11.2. The average molecular weight is 492 g/mol. The van der Waals surface area contributed by atoms with E-state index in [0.717, 1.165) is 53.3 Å². The van der Waals surface area contributed by atoms with Crippen molar-refractivity contribution in [1.29, 1.82) is 0 Å². The summed E-state index contributed by atoms with van der Waals surface area (Å²) in [5.41, 5.74) is 4.09. The molecule has 4 aromatic rings. The van der Waals surface area contributed by atoms with Crippen LogP contribution in [0.5, 0.6) is 0 Å². The number of thiophene rings is 1. The molecule has 3 N–H and O–H groups in total. The molecule has 2 aromatic heterocycles. The van der Waals surface area contributed by atoms with Crippen molar-refractivity contribution < 1.29 is 5.11 Å². The second-order valence-electron chi connectivity index (χ2n) is 8.71. The van der Waals surface area contributed by atoms with Crippen LogP contribution in [0, 0.1) is 0 Å². The molecule has 1 fully saturated rings. The van der Waals surface area contributed by atoms with Crippen molar-refractivity contribution in [2.45, 2.75) is 42.9 Å². The van der Waals surface area contributed by atoms with Gasteiger partial charge in [0.05, 0.1) is 22.0 Å². The molecule has 3 heterocycles. The summed E-state index contributed by atoms with van der Waals surface area (Å²) < 4.78 is 1.04. The first kappa shape index (κ1) is 23.0. The molecule has 0 saturated carbocycles. The van der Waals surface area contributed by atoms with E-state index in [1.807, 2.05) is 29.3 Å². The van der Waals surface area contributed by atoms with Crippen LogP contribution in [0.15, 0.2) is 64.9 Å². The molecule has 5 rings (SSSR count). The number of nitrogens with one attached hydrogen (secondary N) is 2. The fourth-order valence-electron chi connectivity index (χ4n) is 4.07. The molecule has 0 atom stereocenters. The molecule has 34 heavy (non-hydrogen) atoms. The van der Waals surface area contributed by atoms with Gasteiger partial charge in [0.1, 0.15) is 0 Å². The van der Waals surface area contributed by atoms with Crippen molar-refractivity contribution in [2.75, 3.05) is 28.6 Å². The minimum absolute atomic E-state index is 0.167. The average Bonchev–Trinajstić information content (AvgIpc) is 3.30. The van der Waals surface area contributed by atoms with Gasteiger partial charge in [0, 0.05) is 34.6 Å². The summed E-state index contributed by atoms with van der Waals surface area (Å²) in [5.74, 6) is 1.37. The number of para-hydroxylation sites is 1. The molecule has 8 heteroatoms. The zero-order valence-corrected chi connectivity index (χ0v) is 21.0. The number of aliphatic hydroxyl groups excluding tert-OH is 1. The lowest BCUT2D eigenvalue weighted by Crippen LogP contribution is -2.35. The molecular weight excluding hydrogens is 462 g/mol. The van der Waals surface area contributed by atoms with Crippen LogP contribution in [0.25, 0.3) is 10.2 Å². The highest BCUT2D eigenvalue weighted by atomic mass is 32.2. The Bertz CT molecular complexity index is 1250. The Labute approximate surface area is 208 Å². The SMILES string of the molecule is CC(C)Sc1ccccc1Nc1nc(Nc2ccc(N3CCC(O)CC3)cc2)nc2ccsc12. The molecule has 0 unspecified atom stereocenters. The number of benzene rings is 2. The van der Waals surface area contributed by atoms with Gasteiger partial charge in [0.2, 0.25) is 5.95 Å². The highest BCUT2D eigenvalue weighted by Crippen LogP contribution is 2.35. The van der Waals surface area contributed by atoms with Crippen molar-refractivity contribution >= 4 is 62.1 Å². The molecule has 1 aliphatic heterocycles.